The predicted molar refractivity (Wildman–Crippen MR) is 84.0 cm³/mol. The van der Waals surface area contributed by atoms with Crippen molar-refractivity contribution < 1.29 is 26.3 Å². The van der Waals surface area contributed by atoms with Gasteiger partial charge in [-0.2, -0.15) is 0 Å². The maximum Gasteiger partial charge on any atom is 0.221 e. The Hall–Kier alpha value is -0.260. The minimum atomic E-state index is -3.36. The summed E-state index contributed by atoms with van der Waals surface area (Å²) in [5, 5.41) is -0.893. The summed E-state index contributed by atoms with van der Waals surface area (Å²) in [6, 6.07) is -0.154. The van der Waals surface area contributed by atoms with E-state index in [0.717, 1.165) is 0 Å². The molecule has 0 spiro atoms. The zero-order chi connectivity index (χ0) is 16.7. The number of sulfonamides is 2. The fraction of sp³-hybridized carbons (Fsp3) is 1.00. The molecule has 1 atom stereocenters. The van der Waals surface area contributed by atoms with E-state index in [1.807, 2.05) is 0 Å². The van der Waals surface area contributed by atoms with Crippen molar-refractivity contribution in [1.29, 1.82) is 0 Å². The van der Waals surface area contributed by atoms with E-state index in [1.165, 1.54) is 8.61 Å². The molecule has 3 aliphatic heterocycles. The second kappa shape index (κ2) is 6.57. The third-order valence-corrected chi connectivity index (χ3v) is 9.40. The summed E-state index contributed by atoms with van der Waals surface area (Å²) in [5.41, 5.74) is 0. The fourth-order valence-electron chi connectivity index (χ4n) is 3.10. The summed E-state index contributed by atoms with van der Waals surface area (Å²) < 4.78 is 62.8. The van der Waals surface area contributed by atoms with Crippen molar-refractivity contribution in [3.63, 3.8) is 0 Å². The van der Waals surface area contributed by atoms with Gasteiger partial charge in [0.1, 0.15) is 10.5 Å². The number of ether oxygens (including phenoxy) is 2. The van der Waals surface area contributed by atoms with Crippen LogP contribution in [0.4, 0.5) is 0 Å². The summed E-state index contributed by atoms with van der Waals surface area (Å²) in [6.07, 6.45) is 1.87. The van der Waals surface area contributed by atoms with E-state index in [4.69, 9.17) is 9.47 Å². The fourth-order valence-corrected chi connectivity index (χ4v) is 6.43. The number of hydrogen-bond acceptors (Lipinski definition) is 6. The Balaban J connectivity index is 1.64. The highest BCUT2D eigenvalue weighted by Gasteiger charge is 2.41. The van der Waals surface area contributed by atoms with E-state index in [2.05, 4.69) is 0 Å². The van der Waals surface area contributed by atoms with Crippen LogP contribution in [-0.2, 0) is 29.5 Å². The van der Waals surface area contributed by atoms with E-state index in [9.17, 15) is 16.8 Å². The lowest BCUT2D eigenvalue weighted by atomic mass is 10.1. The van der Waals surface area contributed by atoms with Gasteiger partial charge in [0.15, 0.2) is 0 Å². The van der Waals surface area contributed by atoms with Gasteiger partial charge in [0.05, 0.1) is 26.4 Å². The normalized spacial score (nSPS) is 29.0. The molecule has 0 amide bonds. The van der Waals surface area contributed by atoms with Gasteiger partial charge in [0.25, 0.3) is 0 Å². The standard InChI is InChI=1S/C13H24N2O6S2/c1-14(22(16,17)12-7-20-8-12)11-3-2-5-15(6-4-11)23(18,19)13-9-21-10-13/h11-13H,2-10H2,1H3. The second-order valence-corrected chi connectivity index (χ2v) is 10.9. The Morgan fingerprint density at radius 2 is 1.52 bits per heavy atom. The first-order chi connectivity index (χ1) is 10.8. The van der Waals surface area contributed by atoms with E-state index >= 15 is 0 Å². The average molecular weight is 368 g/mol. The lowest BCUT2D eigenvalue weighted by molar-refractivity contribution is 0.0388. The first-order valence-corrected chi connectivity index (χ1v) is 11.0. The SMILES string of the molecule is CN(C1CCCN(S(=O)(=O)C2COC2)CC1)S(=O)(=O)C1COC1. The van der Waals surface area contributed by atoms with Gasteiger partial charge < -0.3 is 9.47 Å². The van der Waals surface area contributed by atoms with Crippen LogP contribution in [-0.4, -0.2) is 88.6 Å². The van der Waals surface area contributed by atoms with Gasteiger partial charge >= 0.3 is 0 Å². The molecule has 3 aliphatic rings. The molecule has 10 heteroatoms. The van der Waals surface area contributed by atoms with Gasteiger partial charge in [0, 0.05) is 26.2 Å². The van der Waals surface area contributed by atoms with E-state index in [0.29, 0.717) is 32.4 Å². The van der Waals surface area contributed by atoms with Crippen LogP contribution in [0.3, 0.4) is 0 Å². The highest BCUT2D eigenvalue weighted by Crippen LogP contribution is 2.26. The van der Waals surface area contributed by atoms with Crippen molar-refractivity contribution in [3.05, 3.63) is 0 Å². The second-order valence-electron chi connectivity index (χ2n) is 6.41. The molecule has 0 N–H and O–H groups in total. The van der Waals surface area contributed by atoms with Crippen molar-refractivity contribution in [1.82, 2.24) is 8.61 Å². The highest BCUT2D eigenvalue weighted by atomic mass is 32.2. The predicted octanol–water partition coefficient (Wildman–Crippen LogP) is -0.770. The molecular weight excluding hydrogens is 344 g/mol. The van der Waals surface area contributed by atoms with Crippen LogP contribution in [0.2, 0.25) is 0 Å². The first-order valence-electron chi connectivity index (χ1n) is 7.95. The zero-order valence-corrected chi connectivity index (χ0v) is 14.9. The molecule has 0 aromatic carbocycles. The smallest absolute Gasteiger partial charge is 0.221 e. The summed E-state index contributed by atoms with van der Waals surface area (Å²) in [4.78, 5) is 0. The van der Waals surface area contributed by atoms with Crippen LogP contribution in [0.25, 0.3) is 0 Å². The van der Waals surface area contributed by atoms with Crippen LogP contribution >= 0.6 is 0 Å². The van der Waals surface area contributed by atoms with Gasteiger partial charge in [-0.3, -0.25) is 0 Å². The third-order valence-electron chi connectivity index (χ3n) is 4.99. The Labute approximate surface area is 137 Å². The van der Waals surface area contributed by atoms with Crippen LogP contribution < -0.4 is 0 Å². The maximum atomic E-state index is 12.5. The Morgan fingerprint density at radius 1 is 0.913 bits per heavy atom. The first kappa shape index (κ1) is 17.6. The summed E-state index contributed by atoms with van der Waals surface area (Å²) >= 11 is 0. The molecule has 0 bridgehead atoms. The molecule has 3 fully saturated rings. The molecule has 1 unspecified atom stereocenters. The Kier molecular flexibility index (Phi) is 5.01. The van der Waals surface area contributed by atoms with Crippen molar-refractivity contribution >= 4 is 20.0 Å². The molecule has 8 nitrogen and oxygen atoms in total. The molecule has 0 aromatic heterocycles. The molecule has 0 saturated carbocycles. The number of rotatable bonds is 5. The molecule has 134 valence electrons. The Morgan fingerprint density at radius 3 is 2.04 bits per heavy atom. The molecule has 0 aliphatic carbocycles. The summed E-state index contributed by atoms with van der Waals surface area (Å²) in [5.74, 6) is 0. The molecule has 23 heavy (non-hydrogen) atoms. The number of hydrogen-bond donors (Lipinski definition) is 0. The largest absolute Gasteiger partial charge is 0.378 e. The molecule has 0 radical (unpaired) electrons. The quantitative estimate of drug-likeness (QED) is 0.633. The van der Waals surface area contributed by atoms with Crippen LogP contribution in [0.1, 0.15) is 19.3 Å². The summed E-state index contributed by atoms with van der Waals surface area (Å²) in [6.45, 7) is 1.85. The van der Waals surface area contributed by atoms with E-state index < -0.39 is 30.5 Å². The monoisotopic (exact) mass is 368 g/mol. The van der Waals surface area contributed by atoms with Crippen molar-refractivity contribution in [2.45, 2.75) is 35.8 Å². The van der Waals surface area contributed by atoms with Crippen LogP contribution in [0, 0.1) is 0 Å². The molecular formula is C13H24N2O6S2. The van der Waals surface area contributed by atoms with Crippen LogP contribution in [0.15, 0.2) is 0 Å². The minimum Gasteiger partial charge on any atom is -0.378 e. The van der Waals surface area contributed by atoms with Gasteiger partial charge in [0.2, 0.25) is 20.0 Å². The zero-order valence-electron chi connectivity index (χ0n) is 13.3. The van der Waals surface area contributed by atoms with Crippen molar-refractivity contribution in [3.8, 4) is 0 Å². The molecule has 3 saturated heterocycles. The maximum absolute atomic E-state index is 12.5. The number of nitrogens with zero attached hydrogens (tertiary/aromatic N) is 2. The van der Waals surface area contributed by atoms with Gasteiger partial charge in [-0.1, -0.05) is 0 Å². The third kappa shape index (κ3) is 3.29. The molecule has 0 aromatic rings. The van der Waals surface area contributed by atoms with Crippen LogP contribution in [0.5, 0.6) is 0 Å². The summed E-state index contributed by atoms with van der Waals surface area (Å²) in [7, 11) is -5.08. The Bertz CT molecular complexity index is 627. The van der Waals surface area contributed by atoms with E-state index in [1.54, 1.807) is 7.05 Å². The van der Waals surface area contributed by atoms with Gasteiger partial charge in [-0.15, -0.1) is 0 Å². The van der Waals surface area contributed by atoms with Crippen molar-refractivity contribution in [2.75, 3.05) is 46.6 Å². The minimum absolute atomic E-state index is 0.154. The topological polar surface area (TPSA) is 93.2 Å². The highest BCUT2D eigenvalue weighted by molar-refractivity contribution is 7.90. The van der Waals surface area contributed by atoms with Crippen molar-refractivity contribution in [2.24, 2.45) is 0 Å². The molecule has 3 rings (SSSR count). The molecule has 3 heterocycles. The van der Waals surface area contributed by atoms with Gasteiger partial charge in [-0.25, -0.2) is 25.4 Å². The average Bonchev–Trinajstić information content (AvgIpc) is 2.58. The lowest BCUT2D eigenvalue weighted by Crippen LogP contribution is -2.51. The van der Waals surface area contributed by atoms with Gasteiger partial charge in [-0.05, 0) is 19.3 Å². The lowest BCUT2D eigenvalue weighted by Gasteiger charge is -2.34. The van der Waals surface area contributed by atoms with E-state index in [-0.39, 0.29) is 32.5 Å².